The maximum Gasteiger partial charge on any atom is 0.337 e. The first-order chi connectivity index (χ1) is 16.9. The molecule has 0 saturated carbocycles. The van der Waals surface area contributed by atoms with Gasteiger partial charge >= 0.3 is 5.97 Å². The Labute approximate surface area is 205 Å². The largest absolute Gasteiger partial charge is 0.465 e. The molecule has 1 fully saturated rings. The van der Waals surface area contributed by atoms with E-state index in [2.05, 4.69) is 24.3 Å². The molecule has 5 rings (SSSR count). The maximum atomic E-state index is 12.8. The van der Waals surface area contributed by atoms with E-state index in [1.54, 1.807) is 30.6 Å². The summed E-state index contributed by atoms with van der Waals surface area (Å²) in [5, 5.41) is 0.759. The van der Waals surface area contributed by atoms with Gasteiger partial charge in [0.2, 0.25) is 0 Å². The van der Waals surface area contributed by atoms with Crippen molar-refractivity contribution in [1.29, 1.82) is 0 Å². The molecule has 0 amide bonds. The summed E-state index contributed by atoms with van der Waals surface area (Å²) >= 11 is 1.45. The van der Waals surface area contributed by atoms with E-state index in [0.29, 0.717) is 18.9 Å². The van der Waals surface area contributed by atoms with Crippen LogP contribution < -0.4 is 9.62 Å². The third kappa shape index (κ3) is 4.81. The van der Waals surface area contributed by atoms with Gasteiger partial charge < -0.3 is 14.4 Å². The van der Waals surface area contributed by atoms with Crippen molar-refractivity contribution in [3.05, 3.63) is 60.4 Å². The molecule has 35 heavy (non-hydrogen) atoms. The molecular formula is C23H21N5O5S2. The van der Waals surface area contributed by atoms with E-state index < -0.39 is 16.0 Å². The molecule has 0 radical (unpaired) electrons. The minimum Gasteiger partial charge on any atom is -0.465 e. The third-order valence-electron chi connectivity index (χ3n) is 5.44. The summed E-state index contributed by atoms with van der Waals surface area (Å²) < 4.78 is 38.3. The normalized spacial score (nSPS) is 14.1. The van der Waals surface area contributed by atoms with E-state index in [-0.39, 0.29) is 10.5 Å². The van der Waals surface area contributed by atoms with Crippen LogP contribution in [0.2, 0.25) is 0 Å². The average Bonchev–Trinajstić information content (AvgIpc) is 3.33. The number of aromatic nitrogens is 3. The van der Waals surface area contributed by atoms with Gasteiger partial charge in [-0.1, -0.05) is 17.4 Å². The van der Waals surface area contributed by atoms with Crippen LogP contribution in [0.15, 0.2) is 59.8 Å². The lowest BCUT2D eigenvalue weighted by Crippen LogP contribution is -2.36. The number of sulfonamides is 1. The number of carbonyl (C=O) groups is 1. The number of benzene rings is 2. The Morgan fingerprint density at radius 3 is 2.63 bits per heavy atom. The average molecular weight is 512 g/mol. The van der Waals surface area contributed by atoms with Crippen LogP contribution in [-0.2, 0) is 19.5 Å². The molecule has 1 aliphatic heterocycles. The number of ether oxygens (including phenoxy) is 2. The van der Waals surface area contributed by atoms with Crippen molar-refractivity contribution in [2.45, 2.75) is 4.90 Å². The second-order valence-electron chi connectivity index (χ2n) is 7.67. The molecule has 3 heterocycles. The highest BCUT2D eigenvalue weighted by molar-refractivity contribution is 7.92. The highest BCUT2D eigenvalue weighted by atomic mass is 32.2. The van der Waals surface area contributed by atoms with Gasteiger partial charge in [-0.2, -0.15) is 0 Å². The Kier molecular flexibility index (Phi) is 6.32. The van der Waals surface area contributed by atoms with Gasteiger partial charge in [0.15, 0.2) is 5.82 Å². The molecule has 10 nitrogen and oxygen atoms in total. The summed E-state index contributed by atoms with van der Waals surface area (Å²) in [5.41, 5.74) is 2.11. The van der Waals surface area contributed by atoms with Crippen LogP contribution in [0, 0.1) is 0 Å². The lowest BCUT2D eigenvalue weighted by molar-refractivity contribution is 0.0600. The van der Waals surface area contributed by atoms with Gasteiger partial charge in [0.25, 0.3) is 10.0 Å². The van der Waals surface area contributed by atoms with Gasteiger partial charge in [0, 0.05) is 24.3 Å². The molecule has 1 saturated heterocycles. The Morgan fingerprint density at radius 2 is 1.89 bits per heavy atom. The molecule has 0 bridgehead atoms. The third-order valence-corrected chi connectivity index (χ3v) is 7.83. The van der Waals surface area contributed by atoms with Crippen molar-refractivity contribution in [3.63, 3.8) is 0 Å². The van der Waals surface area contributed by atoms with E-state index in [1.165, 1.54) is 42.7 Å². The maximum absolute atomic E-state index is 12.8. The molecule has 4 aromatic rings. The number of methoxy groups -OCH3 is 1. The number of hydrogen-bond donors (Lipinski definition) is 1. The van der Waals surface area contributed by atoms with Crippen molar-refractivity contribution in [3.8, 4) is 10.6 Å². The van der Waals surface area contributed by atoms with Crippen LogP contribution in [0.25, 0.3) is 20.9 Å². The number of nitrogens with one attached hydrogen (secondary N) is 1. The van der Waals surface area contributed by atoms with E-state index in [4.69, 9.17) is 9.72 Å². The molecule has 180 valence electrons. The summed E-state index contributed by atoms with van der Waals surface area (Å²) in [6.45, 7) is 2.78. The number of hydrogen-bond acceptors (Lipinski definition) is 10. The van der Waals surface area contributed by atoms with Gasteiger partial charge in [0.1, 0.15) is 21.7 Å². The zero-order valence-electron chi connectivity index (χ0n) is 18.7. The molecule has 2 aromatic heterocycles. The summed E-state index contributed by atoms with van der Waals surface area (Å²) in [7, 11) is -2.66. The van der Waals surface area contributed by atoms with Gasteiger partial charge in [-0.05, 0) is 42.5 Å². The second-order valence-corrected chi connectivity index (χ2v) is 10.3. The number of thiazole rings is 1. The number of esters is 1. The predicted octanol–water partition coefficient (Wildman–Crippen LogP) is 3.18. The molecule has 0 unspecified atom stereocenters. The van der Waals surface area contributed by atoms with Crippen LogP contribution in [0.4, 0.5) is 11.5 Å². The fraction of sp³-hybridized carbons (Fsp3) is 0.217. The molecule has 0 atom stereocenters. The Hall–Kier alpha value is -3.61. The van der Waals surface area contributed by atoms with Crippen molar-refractivity contribution in [2.75, 3.05) is 43.0 Å². The summed E-state index contributed by atoms with van der Waals surface area (Å²) in [6.07, 6.45) is 1.54. The summed E-state index contributed by atoms with van der Waals surface area (Å²) in [4.78, 5) is 28.2. The number of nitrogens with zero attached hydrogens (tertiary/aromatic N) is 4. The number of fused-ring (bicyclic) bond motifs is 1. The van der Waals surface area contributed by atoms with E-state index in [9.17, 15) is 13.2 Å². The number of rotatable bonds is 6. The highest BCUT2D eigenvalue weighted by Gasteiger charge is 2.20. The Balaban J connectivity index is 1.38. The lowest BCUT2D eigenvalue weighted by atomic mass is 10.2. The minimum atomic E-state index is -3.90. The molecule has 1 N–H and O–H groups in total. The van der Waals surface area contributed by atoms with Gasteiger partial charge in [-0.3, -0.25) is 4.72 Å². The van der Waals surface area contributed by atoms with Crippen LogP contribution in [0.5, 0.6) is 0 Å². The van der Waals surface area contributed by atoms with Crippen molar-refractivity contribution >= 4 is 49.2 Å². The number of morpholine rings is 1. The minimum absolute atomic E-state index is 0.0372. The molecule has 0 aliphatic carbocycles. The zero-order valence-corrected chi connectivity index (χ0v) is 20.3. The van der Waals surface area contributed by atoms with E-state index in [0.717, 1.165) is 39.8 Å². The highest BCUT2D eigenvalue weighted by Crippen LogP contribution is 2.33. The number of anilines is 2. The Bertz CT molecular complexity index is 1480. The summed E-state index contributed by atoms with van der Waals surface area (Å²) in [5.74, 6) is 0.183. The van der Waals surface area contributed by atoms with Gasteiger partial charge in [-0.25, -0.2) is 28.2 Å². The molecule has 0 spiro atoms. The zero-order chi connectivity index (χ0) is 24.4. The standard InChI is InChI=1S/C23H21N5O5S2/c1-32-23(29)16-3-2-4-18(13-16)35(30,31)27-17-7-5-15(6-8-17)21-26-19-20(24-14-25-22(19)34-21)28-9-11-33-12-10-28/h2-8,13-14,27H,9-12H2,1H3. The molecule has 12 heteroatoms. The van der Waals surface area contributed by atoms with Crippen LogP contribution in [0.1, 0.15) is 10.4 Å². The quantitative estimate of drug-likeness (QED) is 0.389. The summed E-state index contributed by atoms with van der Waals surface area (Å²) in [6, 6.07) is 12.6. The molecular weight excluding hydrogens is 490 g/mol. The van der Waals surface area contributed by atoms with Crippen molar-refractivity contribution in [2.24, 2.45) is 0 Å². The first-order valence-corrected chi connectivity index (χ1v) is 13.0. The van der Waals surface area contributed by atoms with E-state index in [1.807, 2.05) is 0 Å². The first kappa shape index (κ1) is 23.1. The number of carbonyl (C=O) groups excluding carboxylic acids is 1. The van der Waals surface area contributed by atoms with Crippen LogP contribution in [-0.4, -0.2) is 62.8 Å². The van der Waals surface area contributed by atoms with Crippen LogP contribution >= 0.6 is 11.3 Å². The van der Waals surface area contributed by atoms with Crippen LogP contribution in [0.3, 0.4) is 0 Å². The fourth-order valence-corrected chi connectivity index (χ4v) is 5.69. The molecule has 2 aromatic carbocycles. The lowest BCUT2D eigenvalue weighted by Gasteiger charge is -2.27. The first-order valence-electron chi connectivity index (χ1n) is 10.7. The molecule has 1 aliphatic rings. The van der Waals surface area contributed by atoms with Gasteiger partial charge in [0.05, 0.1) is 30.8 Å². The van der Waals surface area contributed by atoms with Gasteiger partial charge in [-0.15, -0.1) is 0 Å². The predicted molar refractivity (Wildman–Crippen MR) is 132 cm³/mol. The van der Waals surface area contributed by atoms with E-state index >= 15 is 0 Å². The second kappa shape index (κ2) is 9.56. The topological polar surface area (TPSA) is 124 Å². The monoisotopic (exact) mass is 511 g/mol. The van der Waals surface area contributed by atoms with Crippen molar-refractivity contribution < 1.29 is 22.7 Å². The fourth-order valence-electron chi connectivity index (χ4n) is 3.68. The Morgan fingerprint density at radius 1 is 1.11 bits per heavy atom. The SMILES string of the molecule is COC(=O)c1cccc(S(=O)(=O)Nc2ccc(-c3nc4c(N5CCOCC5)ncnc4s3)cc2)c1. The van der Waals surface area contributed by atoms with Crippen molar-refractivity contribution in [1.82, 2.24) is 15.0 Å². The smallest absolute Gasteiger partial charge is 0.337 e.